The molecule has 0 aliphatic rings. The van der Waals surface area contributed by atoms with Crippen molar-refractivity contribution in [3.8, 4) is 17.0 Å². The third-order valence-electron chi connectivity index (χ3n) is 3.08. The number of hydrogen-bond acceptors (Lipinski definition) is 4. The molecule has 0 amide bonds. The lowest BCUT2D eigenvalue weighted by Crippen LogP contribution is -2.07. The Morgan fingerprint density at radius 3 is 2.73 bits per heavy atom. The van der Waals surface area contributed by atoms with Crippen molar-refractivity contribution in [1.29, 1.82) is 0 Å². The molecule has 0 aliphatic carbocycles. The van der Waals surface area contributed by atoms with Gasteiger partial charge in [-0.05, 0) is 32.0 Å². The lowest BCUT2D eigenvalue weighted by atomic mass is 10.1. The van der Waals surface area contributed by atoms with Gasteiger partial charge in [-0.15, -0.1) is 0 Å². The average molecular weight is 388 g/mol. The maximum Gasteiger partial charge on any atom is 0.360 e. The summed E-state index contributed by atoms with van der Waals surface area (Å²) in [6, 6.07) is 5.58. The van der Waals surface area contributed by atoms with Crippen LogP contribution in [0.25, 0.3) is 11.3 Å². The highest BCUT2D eigenvalue weighted by molar-refractivity contribution is 9.10. The average Bonchev–Trinajstić information content (AvgIpc) is 2.84. The van der Waals surface area contributed by atoms with Gasteiger partial charge in [-0.25, -0.2) is 4.79 Å². The second kappa shape index (κ2) is 7.15. The zero-order valence-electron chi connectivity index (χ0n) is 12.5. The van der Waals surface area contributed by atoms with Crippen LogP contribution < -0.4 is 4.74 Å². The lowest BCUT2D eigenvalue weighted by Gasteiger charge is -2.11. The molecule has 0 aliphatic heterocycles. The molecule has 0 radical (unpaired) electrons. The number of aryl methyl sites for hydroxylation is 1. The van der Waals surface area contributed by atoms with Crippen LogP contribution in [0, 0.1) is 0 Å². The van der Waals surface area contributed by atoms with Crippen molar-refractivity contribution in [2.45, 2.75) is 20.4 Å². The van der Waals surface area contributed by atoms with E-state index >= 15 is 0 Å². The number of benzene rings is 1. The molecule has 1 aromatic heterocycles. The number of halogens is 2. The predicted molar refractivity (Wildman–Crippen MR) is 88.6 cm³/mol. The van der Waals surface area contributed by atoms with E-state index in [2.05, 4.69) is 21.0 Å². The summed E-state index contributed by atoms with van der Waals surface area (Å²) in [5, 5.41) is 4.53. The Bertz CT molecular complexity index is 700. The molecule has 2 rings (SSSR count). The van der Waals surface area contributed by atoms with Crippen LogP contribution in [0.4, 0.5) is 0 Å². The van der Waals surface area contributed by atoms with Gasteiger partial charge >= 0.3 is 5.97 Å². The molecule has 0 saturated carbocycles. The number of ether oxygens (including phenoxy) is 2. The summed E-state index contributed by atoms with van der Waals surface area (Å²) in [5.74, 6) is 0.110. The van der Waals surface area contributed by atoms with Crippen molar-refractivity contribution in [2.75, 3.05) is 13.7 Å². The summed E-state index contributed by atoms with van der Waals surface area (Å²) in [4.78, 5) is 12.0. The Kier molecular flexibility index (Phi) is 5.47. The molecule has 7 heteroatoms. The van der Waals surface area contributed by atoms with Crippen LogP contribution in [-0.4, -0.2) is 29.5 Å². The molecule has 0 fully saturated rings. The number of carbonyl (C=O) groups is 1. The lowest BCUT2D eigenvalue weighted by molar-refractivity contribution is 0.0518. The summed E-state index contributed by atoms with van der Waals surface area (Å²) in [7, 11) is 1.58. The maximum absolute atomic E-state index is 12.0. The monoisotopic (exact) mass is 386 g/mol. The Morgan fingerprint density at radius 1 is 1.41 bits per heavy atom. The molecule has 1 heterocycles. The summed E-state index contributed by atoms with van der Waals surface area (Å²) >= 11 is 9.79. The number of hydrogen-bond donors (Lipinski definition) is 0. The Morgan fingerprint density at radius 2 is 2.14 bits per heavy atom. The zero-order valence-corrected chi connectivity index (χ0v) is 14.9. The molecule has 0 atom stereocenters. The van der Waals surface area contributed by atoms with Crippen molar-refractivity contribution in [1.82, 2.24) is 9.78 Å². The fourth-order valence-electron chi connectivity index (χ4n) is 2.12. The molecule has 22 heavy (non-hydrogen) atoms. The van der Waals surface area contributed by atoms with Gasteiger partial charge in [-0.3, -0.25) is 4.68 Å². The molecule has 1 aromatic carbocycles. The van der Waals surface area contributed by atoms with Gasteiger partial charge < -0.3 is 9.47 Å². The normalized spacial score (nSPS) is 10.6. The number of methoxy groups -OCH3 is 1. The van der Waals surface area contributed by atoms with Crippen molar-refractivity contribution in [2.24, 2.45) is 0 Å². The highest BCUT2D eigenvalue weighted by Crippen LogP contribution is 2.38. The maximum atomic E-state index is 12.0. The first kappa shape index (κ1) is 16.8. The Hall–Kier alpha value is -1.53. The van der Waals surface area contributed by atoms with Gasteiger partial charge in [0.2, 0.25) is 0 Å². The smallest absolute Gasteiger partial charge is 0.360 e. The van der Waals surface area contributed by atoms with Crippen LogP contribution >= 0.6 is 27.5 Å². The van der Waals surface area contributed by atoms with E-state index in [9.17, 15) is 4.79 Å². The number of carbonyl (C=O) groups excluding carboxylic acids is 1. The summed E-state index contributed by atoms with van der Waals surface area (Å²) < 4.78 is 13.0. The van der Waals surface area contributed by atoms with Gasteiger partial charge in [0.1, 0.15) is 10.8 Å². The third kappa shape index (κ3) is 3.13. The quantitative estimate of drug-likeness (QED) is 0.723. The van der Waals surface area contributed by atoms with Gasteiger partial charge in [-0.1, -0.05) is 27.5 Å². The molecule has 0 N–H and O–H groups in total. The number of nitrogens with zero attached hydrogens (tertiary/aromatic N) is 2. The standard InChI is InChI=1S/C15H16BrClN2O3/c1-4-19-14(10-7-6-9(16)8-11(10)21-3)12(17)13(18-19)15(20)22-5-2/h6-8H,4-5H2,1-3H3. The fourth-order valence-corrected chi connectivity index (χ4v) is 2.77. The molecule has 0 saturated heterocycles. The molecule has 0 unspecified atom stereocenters. The molecular formula is C15H16BrClN2O3. The minimum atomic E-state index is -0.531. The second-order valence-electron chi connectivity index (χ2n) is 4.39. The first-order valence-electron chi connectivity index (χ1n) is 6.80. The molecular weight excluding hydrogens is 372 g/mol. The van der Waals surface area contributed by atoms with Gasteiger partial charge in [0, 0.05) is 16.6 Å². The van der Waals surface area contributed by atoms with Crippen LogP contribution in [0.3, 0.4) is 0 Å². The van der Waals surface area contributed by atoms with Crippen molar-refractivity contribution in [3.63, 3.8) is 0 Å². The van der Waals surface area contributed by atoms with Gasteiger partial charge in [0.15, 0.2) is 5.69 Å². The summed E-state index contributed by atoms with van der Waals surface area (Å²) in [5.41, 5.74) is 1.52. The highest BCUT2D eigenvalue weighted by Gasteiger charge is 2.25. The van der Waals surface area contributed by atoms with Crippen LogP contribution in [0.1, 0.15) is 24.3 Å². The van der Waals surface area contributed by atoms with Gasteiger partial charge in [0.25, 0.3) is 0 Å². The Balaban J connectivity index is 2.62. The van der Waals surface area contributed by atoms with Crippen molar-refractivity contribution < 1.29 is 14.3 Å². The first-order valence-corrected chi connectivity index (χ1v) is 7.97. The van der Waals surface area contributed by atoms with Crippen molar-refractivity contribution >= 4 is 33.5 Å². The zero-order chi connectivity index (χ0) is 16.3. The van der Waals surface area contributed by atoms with Gasteiger partial charge in [0.05, 0.1) is 19.4 Å². The van der Waals surface area contributed by atoms with Crippen LogP contribution in [0.2, 0.25) is 5.02 Å². The summed E-state index contributed by atoms with van der Waals surface area (Å²) in [6.07, 6.45) is 0. The van der Waals surface area contributed by atoms with E-state index in [4.69, 9.17) is 21.1 Å². The highest BCUT2D eigenvalue weighted by atomic mass is 79.9. The largest absolute Gasteiger partial charge is 0.496 e. The first-order chi connectivity index (χ1) is 10.5. The van der Waals surface area contributed by atoms with E-state index in [1.54, 1.807) is 18.7 Å². The van der Waals surface area contributed by atoms with Crippen LogP contribution in [0.15, 0.2) is 22.7 Å². The number of rotatable bonds is 5. The molecule has 0 spiro atoms. The SMILES string of the molecule is CCOC(=O)c1nn(CC)c(-c2ccc(Br)cc2OC)c1Cl. The number of esters is 1. The molecule has 5 nitrogen and oxygen atoms in total. The van der Waals surface area contributed by atoms with E-state index in [1.165, 1.54) is 0 Å². The van der Waals surface area contributed by atoms with E-state index in [0.29, 0.717) is 18.0 Å². The van der Waals surface area contributed by atoms with Crippen LogP contribution in [0.5, 0.6) is 5.75 Å². The minimum Gasteiger partial charge on any atom is -0.496 e. The number of aromatic nitrogens is 2. The summed E-state index contributed by atoms with van der Waals surface area (Å²) in [6.45, 7) is 4.49. The molecule has 2 aromatic rings. The molecule has 118 valence electrons. The van der Waals surface area contributed by atoms with E-state index in [1.807, 2.05) is 25.1 Å². The Labute approximate surface area is 142 Å². The topological polar surface area (TPSA) is 53.3 Å². The van der Waals surface area contributed by atoms with E-state index in [-0.39, 0.29) is 17.3 Å². The fraction of sp³-hybridized carbons (Fsp3) is 0.333. The third-order valence-corrected chi connectivity index (χ3v) is 3.93. The minimum absolute atomic E-state index is 0.116. The van der Waals surface area contributed by atoms with Gasteiger partial charge in [-0.2, -0.15) is 5.10 Å². The van der Waals surface area contributed by atoms with E-state index < -0.39 is 5.97 Å². The van der Waals surface area contributed by atoms with Crippen LogP contribution in [-0.2, 0) is 11.3 Å². The van der Waals surface area contributed by atoms with E-state index in [0.717, 1.165) is 10.0 Å². The predicted octanol–water partition coefficient (Wildman–Crippen LogP) is 4.17. The van der Waals surface area contributed by atoms with Crippen molar-refractivity contribution in [3.05, 3.63) is 33.4 Å². The molecule has 0 bridgehead atoms. The second-order valence-corrected chi connectivity index (χ2v) is 5.69.